The van der Waals surface area contributed by atoms with Crippen molar-refractivity contribution in [1.29, 1.82) is 0 Å². The summed E-state index contributed by atoms with van der Waals surface area (Å²) in [7, 11) is 0. The molecular weight excluding hydrogens is 633 g/mol. The predicted octanol–water partition coefficient (Wildman–Crippen LogP) is 11.9. The van der Waals surface area contributed by atoms with Crippen molar-refractivity contribution >= 4 is 53.4 Å². The molecule has 0 unspecified atom stereocenters. The van der Waals surface area contributed by atoms with E-state index in [9.17, 15) is 0 Å². The number of benzene rings is 7. The number of thiophene rings is 1. The Morgan fingerprint density at radius 3 is 1.70 bits per heavy atom. The standard InChI is InChI=1S/C44H26N4OS/c1-4-11-27(12-5-1)31-17-10-18-32(25-31)42-46-41(29-13-6-2-7-14-29)47-43(48-42)33-20-19-28-21-23-36-38(34(28)26-33)39-37(50-36)24-22-35-40(39)45-44(49-35)30-15-8-3-9-16-30/h1-26H. The normalized spacial score (nSPS) is 11.6. The molecule has 0 amide bonds. The zero-order valence-corrected chi connectivity index (χ0v) is 27.4. The van der Waals surface area contributed by atoms with Crippen molar-refractivity contribution in [3.05, 3.63) is 158 Å². The number of aromatic nitrogens is 4. The number of oxazole rings is 1. The summed E-state index contributed by atoms with van der Waals surface area (Å²) in [6, 6.07) is 54.0. The van der Waals surface area contributed by atoms with Gasteiger partial charge in [0.2, 0.25) is 5.89 Å². The summed E-state index contributed by atoms with van der Waals surface area (Å²) < 4.78 is 8.67. The van der Waals surface area contributed by atoms with E-state index in [1.165, 1.54) is 9.40 Å². The van der Waals surface area contributed by atoms with Gasteiger partial charge in [0, 0.05) is 42.4 Å². The third-order valence-corrected chi connectivity index (χ3v) is 10.3. The van der Waals surface area contributed by atoms with E-state index < -0.39 is 0 Å². The average molecular weight is 659 g/mol. The Morgan fingerprint density at radius 2 is 0.960 bits per heavy atom. The summed E-state index contributed by atoms with van der Waals surface area (Å²) in [6.45, 7) is 0. The van der Waals surface area contributed by atoms with Crippen LogP contribution in [0, 0.1) is 0 Å². The SMILES string of the molecule is c1ccc(-c2cccc(-c3nc(-c4ccccc4)nc(-c4ccc5ccc6sc7ccc8oc(-c9ccccc9)nc8c7c6c5c4)n3)c2)cc1. The molecule has 50 heavy (non-hydrogen) atoms. The molecule has 234 valence electrons. The van der Waals surface area contributed by atoms with E-state index in [1.54, 1.807) is 11.3 Å². The minimum Gasteiger partial charge on any atom is -0.436 e. The zero-order chi connectivity index (χ0) is 33.0. The van der Waals surface area contributed by atoms with Crippen LogP contribution in [0.4, 0.5) is 0 Å². The smallest absolute Gasteiger partial charge is 0.227 e. The number of rotatable bonds is 5. The lowest BCUT2D eigenvalue weighted by Crippen LogP contribution is -2.00. The van der Waals surface area contributed by atoms with Crippen molar-refractivity contribution < 1.29 is 4.42 Å². The van der Waals surface area contributed by atoms with Gasteiger partial charge in [-0.25, -0.2) is 19.9 Å². The molecule has 0 aliphatic carbocycles. The molecule has 0 aliphatic heterocycles. The number of hydrogen-bond acceptors (Lipinski definition) is 6. The van der Waals surface area contributed by atoms with Gasteiger partial charge >= 0.3 is 0 Å². The van der Waals surface area contributed by atoms with Gasteiger partial charge in [0.15, 0.2) is 23.1 Å². The predicted molar refractivity (Wildman–Crippen MR) is 205 cm³/mol. The van der Waals surface area contributed by atoms with Crippen LogP contribution < -0.4 is 0 Å². The molecule has 5 nitrogen and oxygen atoms in total. The summed E-state index contributed by atoms with van der Waals surface area (Å²) in [5.41, 5.74) is 7.64. The van der Waals surface area contributed by atoms with Crippen LogP contribution in [0.15, 0.2) is 162 Å². The van der Waals surface area contributed by atoms with Gasteiger partial charge in [0.1, 0.15) is 5.52 Å². The summed E-state index contributed by atoms with van der Waals surface area (Å²) in [6.07, 6.45) is 0. The summed E-state index contributed by atoms with van der Waals surface area (Å²) in [5, 5.41) is 4.53. The topological polar surface area (TPSA) is 64.7 Å². The first-order valence-corrected chi connectivity index (χ1v) is 17.3. The van der Waals surface area contributed by atoms with Crippen LogP contribution in [0.2, 0.25) is 0 Å². The number of fused-ring (bicyclic) bond motifs is 7. The second-order valence-electron chi connectivity index (χ2n) is 12.3. The van der Waals surface area contributed by atoms with Gasteiger partial charge in [-0.3, -0.25) is 0 Å². The Labute approximate surface area is 291 Å². The highest BCUT2D eigenvalue weighted by atomic mass is 32.1. The molecule has 0 spiro atoms. The average Bonchev–Trinajstić information content (AvgIpc) is 3.81. The van der Waals surface area contributed by atoms with Gasteiger partial charge in [-0.15, -0.1) is 11.3 Å². The van der Waals surface area contributed by atoms with E-state index in [0.29, 0.717) is 23.4 Å². The molecule has 0 radical (unpaired) electrons. The quantitative estimate of drug-likeness (QED) is 0.184. The Bertz CT molecular complexity index is 2860. The molecule has 0 fully saturated rings. The van der Waals surface area contributed by atoms with Crippen LogP contribution in [0.25, 0.3) is 98.8 Å². The van der Waals surface area contributed by atoms with Crippen LogP contribution in [0.5, 0.6) is 0 Å². The van der Waals surface area contributed by atoms with Crippen LogP contribution in [-0.4, -0.2) is 19.9 Å². The van der Waals surface area contributed by atoms with E-state index in [1.807, 2.05) is 72.8 Å². The first-order valence-electron chi connectivity index (χ1n) is 16.5. The molecule has 10 aromatic rings. The minimum absolute atomic E-state index is 0.621. The lowest BCUT2D eigenvalue weighted by molar-refractivity contribution is 0.620. The van der Waals surface area contributed by atoms with Crippen molar-refractivity contribution in [2.24, 2.45) is 0 Å². The molecule has 10 rings (SSSR count). The van der Waals surface area contributed by atoms with Gasteiger partial charge in [-0.2, -0.15) is 0 Å². The lowest BCUT2D eigenvalue weighted by atomic mass is 10.0. The molecule has 0 aliphatic rings. The van der Waals surface area contributed by atoms with Crippen LogP contribution in [-0.2, 0) is 0 Å². The Morgan fingerprint density at radius 1 is 0.400 bits per heavy atom. The highest BCUT2D eigenvalue weighted by Crippen LogP contribution is 2.43. The molecule has 0 bridgehead atoms. The molecule has 0 N–H and O–H groups in total. The van der Waals surface area contributed by atoms with E-state index in [2.05, 4.69) is 84.9 Å². The zero-order valence-electron chi connectivity index (χ0n) is 26.6. The number of nitrogens with zero attached hydrogens (tertiary/aromatic N) is 4. The molecular formula is C44H26N4OS. The number of hydrogen-bond donors (Lipinski definition) is 0. The van der Waals surface area contributed by atoms with E-state index in [-0.39, 0.29) is 0 Å². The Kier molecular flexibility index (Phi) is 6.60. The maximum Gasteiger partial charge on any atom is 0.227 e. The van der Waals surface area contributed by atoms with E-state index in [0.717, 1.165) is 66.0 Å². The van der Waals surface area contributed by atoms with Crippen molar-refractivity contribution in [3.63, 3.8) is 0 Å². The fourth-order valence-corrected chi connectivity index (χ4v) is 7.85. The minimum atomic E-state index is 0.621. The fraction of sp³-hybridized carbons (Fsp3) is 0. The Balaban J connectivity index is 1.18. The second kappa shape index (κ2) is 11.6. The van der Waals surface area contributed by atoms with Gasteiger partial charge < -0.3 is 4.42 Å². The van der Waals surface area contributed by atoms with Crippen LogP contribution in [0.3, 0.4) is 0 Å². The van der Waals surface area contributed by atoms with Crippen LogP contribution >= 0.6 is 11.3 Å². The molecule has 0 saturated carbocycles. The lowest BCUT2D eigenvalue weighted by Gasteiger charge is -2.10. The summed E-state index contributed by atoms with van der Waals surface area (Å²) >= 11 is 1.77. The highest BCUT2D eigenvalue weighted by molar-refractivity contribution is 7.26. The summed E-state index contributed by atoms with van der Waals surface area (Å²) in [4.78, 5) is 20.2. The van der Waals surface area contributed by atoms with Gasteiger partial charge in [0.05, 0.1) is 0 Å². The largest absolute Gasteiger partial charge is 0.436 e. The molecule has 0 atom stereocenters. The second-order valence-corrected chi connectivity index (χ2v) is 13.4. The van der Waals surface area contributed by atoms with Gasteiger partial charge in [0.25, 0.3) is 0 Å². The third-order valence-electron chi connectivity index (χ3n) is 9.15. The van der Waals surface area contributed by atoms with Crippen molar-refractivity contribution in [2.45, 2.75) is 0 Å². The third kappa shape index (κ3) is 4.85. The van der Waals surface area contributed by atoms with Crippen molar-refractivity contribution in [3.8, 4) is 56.7 Å². The summed E-state index contributed by atoms with van der Waals surface area (Å²) in [5.74, 6) is 2.50. The molecule has 3 heterocycles. The first kappa shape index (κ1) is 28.5. The van der Waals surface area contributed by atoms with Crippen LogP contribution in [0.1, 0.15) is 0 Å². The van der Waals surface area contributed by atoms with Gasteiger partial charge in [-0.05, 0) is 64.4 Å². The fourth-order valence-electron chi connectivity index (χ4n) is 6.73. The highest BCUT2D eigenvalue weighted by Gasteiger charge is 2.19. The monoisotopic (exact) mass is 658 g/mol. The van der Waals surface area contributed by atoms with E-state index >= 15 is 0 Å². The Hall–Kier alpha value is -6.50. The van der Waals surface area contributed by atoms with E-state index in [4.69, 9.17) is 24.4 Å². The van der Waals surface area contributed by atoms with Crippen molar-refractivity contribution in [2.75, 3.05) is 0 Å². The first-order chi connectivity index (χ1) is 24.7. The maximum absolute atomic E-state index is 6.30. The maximum atomic E-state index is 6.30. The van der Waals surface area contributed by atoms with Crippen molar-refractivity contribution in [1.82, 2.24) is 19.9 Å². The molecule has 3 aromatic heterocycles. The molecule has 7 aromatic carbocycles. The molecule has 6 heteroatoms. The van der Waals surface area contributed by atoms with Gasteiger partial charge in [-0.1, -0.05) is 115 Å². The molecule has 0 saturated heterocycles.